The number of hydrogen-bond donors (Lipinski definition) is 1. The number of sulfonamides is 1. The van der Waals surface area contributed by atoms with Crippen LogP contribution < -0.4 is 5.32 Å². The lowest BCUT2D eigenvalue weighted by Gasteiger charge is -2.25. The molecule has 3 rings (SSSR count). The predicted octanol–water partition coefficient (Wildman–Crippen LogP) is 4.05. The van der Waals surface area contributed by atoms with Gasteiger partial charge in [0.2, 0.25) is 10.0 Å². The molecule has 1 fully saturated rings. The molecule has 0 aromatic heterocycles. The third-order valence-corrected chi connectivity index (χ3v) is 7.18. The Morgan fingerprint density at radius 1 is 1.00 bits per heavy atom. The number of amides is 1. The van der Waals surface area contributed by atoms with Crippen LogP contribution in [0.3, 0.4) is 0 Å². The van der Waals surface area contributed by atoms with Gasteiger partial charge in [-0.3, -0.25) is 4.79 Å². The average Bonchev–Trinajstić information content (AvgIpc) is 2.73. The molecule has 6 heteroatoms. The molecule has 1 N–H and O–H groups in total. The number of hydrogen-bond acceptors (Lipinski definition) is 3. The van der Waals surface area contributed by atoms with Crippen LogP contribution in [-0.2, 0) is 10.0 Å². The van der Waals surface area contributed by atoms with Crippen LogP contribution in [0.5, 0.6) is 0 Å². The molecule has 0 bridgehead atoms. The first-order valence-corrected chi connectivity index (χ1v) is 11.3. The lowest BCUT2D eigenvalue weighted by Crippen LogP contribution is -2.35. The highest BCUT2D eigenvalue weighted by molar-refractivity contribution is 7.89. The van der Waals surface area contributed by atoms with Crippen molar-refractivity contribution in [3.63, 3.8) is 0 Å². The fourth-order valence-corrected chi connectivity index (χ4v) is 5.01. The molecular formula is C22H28N2O3S. The number of benzene rings is 2. The van der Waals surface area contributed by atoms with E-state index >= 15 is 0 Å². The number of nitrogens with one attached hydrogen (secondary N) is 1. The molecule has 0 saturated carbocycles. The lowest BCUT2D eigenvalue weighted by atomic mass is 10.0. The Labute approximate surface area is 167 Å². The highest BCUT2D eigenvalue weighted by Gasteiger charge is 2.26. The summed E-state index contributed by atoms with van der Waals surface area (Å²) in [4.78, 5) is 12.9. The Kier molecular flexibility index (Phi) is 6.52. The Morgan fingerprint density at radius 2 is 1.61 bits per heavy atom. The molecule has 2 aromatic carbocycles. The van der Waals surface area contributed by atoms with E-state index in [9.17, 15) is 13.2 Å². The van der Waals surface area contributed by atoms with E-state index in [-0.39, 0.29) is 16.8 Å². The van der Waals surface area contributed by atoms with Gasteiger partial charge in [-0.05, 0) is 56.0 Å². The van der Waals surface area contributed by atoms with E-state index in [1.165, 1.54) is 22.0 Å². The van der Waals surface area contributed by atoms with Crippen LogP contribution in [0.4, 0.5) is 0 Å². The van der Waals surface area contributed by atoms with Crippen molar-refractivity contribution in [3.8, 4) is 0 Å². The van der Waals surface area contributed by atoms with E-state index in [4.69, 9.17) is 0 Å². The molecule has 1 atom stereocenters. The monoisotopic (exact) mass is 400 g/mol. The summed E-state index contributed by atoms with van der Waals surface area (Å²) >= 11 is 0. The first kappa shape index (κ1) is 20.6. The van der Waals surface area contributed by atoms with Crippen LogP contribution in [0.1, 0.15) is 60.1 Å². The number of piperidine rings is 1. The topological polar surface area (TPSA) is 66.5 Å². The van der Waals surface area contributed by atoms with Gasteiger partial charge >= 0.3 is 0 Å². The van der Waals surface area contributed by atoms with Crippen molar-refractivity contribution in [1.82, 2.24) is 9.62 Å². The minimum absolute atomic E-state index is 0.0788. The number of rotatable bonds is 6. The summed E-state index contributed by atoms with van der Waals surface area (Å²) in [7, 11) is -3.48. The van der Waals surface area contributed by atoms with Gasteiger partial charge in [0, 0.05) is 18.7 Å². The van der Waals surface area contributed by atoms with Gasteiger partial charge in [-0.2, -0.15) is 4.31 Å². The van der Waals surface area contributed by atoms with E-state index in [0.29, 0.717) is 18.7 Å². The molecular weight excluding hydrogens is 372 g/mol. The molecule has 1 heterocycles. The molecule has 0 spiro atoms. The number of aryl methyl sites for hydroxylation is 1. The molecule has 0 radical (unpaired) electrons. The SMILES string of the molecule is CCC(NC(=O)c1ccc(S(=O)(=O)N2CCCCC2)cc1)c1ccc(C)cc1. The summed E-state index contributed by atoms with van der Waals surface area (Å²) < 4.78 is 27.0. The summed E-state index contributed by atoms with van der Waals surface area (Å²) in [6.45, 7) is 5.19. The van der Waals surface area contributed by atoms with E-state index in [1.54, 1.807) is 12.1 Å². The van der Waals surface area contributed by atoms with Crippen molar-refractivity contribution in [2.75, 3.05) is 13.1 Å². The zero-order chi connectivity index (χ0) is 20.1. The molecule has 150 valence electrons. The molecule has 2 aromatic rings. The molecule has 1 aliphatic rings. The Balaban J connectivity index is 1.71. The van der Waals surface area contributed by atoms with E-state index < -0.39 is 10.0 Å². The lowest BCUT2D eigenvalue weighted by molar-refractivity contribution is 0.0935. The van der Waals surface area contributed by atoms with Gasteiger partial charge in [0.05, 0.1) is 10.9 Å². The second-order valence-electron chi connectivity index (χ2n) is 7.33. The molecule has 5 nitrogen and oxygen atoms in total. The number of carbonyl (C=O) groups excluding carboxylic acids is 1. The van der Waals surface area contributed by atoms with Gasteiger partial charge in [0.25, 0.3) is 5.91 Å². The molecule has 1 saturated heterocycles. The maximum Gasteiger partial charge on any atom is 0.251 e. The molecule has 1 aliphatic heterocycles. The third-order valence-electron chi connectivity index (χ3n) is 5.26. The molecule has 1 amide bonds. The van der Waals surface area contributed by atoms with Crippen LogP contribution in [-0.4, -0.2) is 31.7 Å². The van der Waals surface area contributed by atoms with Crippen LogP contribution in [0.25, 0.3) is 0 Å². The normalized spacial score (nSPS) is 16.5. The summed E-state index contributed by atoms with van der Waals surface area (Å²) in [6, 6.07) is 14.3. The summed E-state index contributed by atoms with van der Waals surface area (Å²) in [5.74, 6) is -0.200. The highest BCUT2D eigenvalue weighted by Crippen LogP contribution is 2.22. The van der Waals surface area contributed by atoms with Crippen molar-refractivity contribution >= 4 is 15.9 Å². The van der Waals surface area contributed by atoms with E-state index in [2.05, 4.69) is 5.32 Å². The summed E-state index contributed by atoms with van der Waals surface area (Å²) in [6.07, 6.45) is 3.65. The van der Waals surface area contributed by atoms with Crippen LogP contribution in [0, 0.1) is 6.92 Å². The van der Waals surface area contributed by atoms with Gasteiger partial charge in [-0.15, -0.1) is 0 Å². The largest absolute Gasteiger partial charge is 0.345 e. The second-order valence-corrected chi connectivity index (χ2v) is 9.27. The van der Waals surface area contributed by atoms with Gasteiger partial charge in [0.15, 0.2) is 0 Å². The van der Waals surface area contributed by atoms with Crippen molar-refractivity contribution in [3.05, 3.63) is 65.2 Å². The van der Waals surface area contributed by atoms with Gasteiger partial charge < -0.3 is 5.32 Å². The van der Waals surface area contributed by atoms with Gasteiger partial charge in [0.1, 0.15) is 0 Å². The molecule has 0 aliphatic carbocycles. The fourth-order valence-electron chi connectivity index (χ4n) is 3.49. The molecule has 1 unspecified atom stereocenters. The van der Waals surface area contributed by atoms with Crippen molar-refractivity contribution in [2.45, 2.75) is 50.5 Å². The Hall–Kier alpha value is -2.18. The first-order chi connectivity index (χ1) is 13.4. The minimum atomic E-state index is -3.48. The smallest absolute Gasteiger partial charge is 0.251 e. The van der Waals surface area contributed by atoms with Gasteiger partial charge in [-0.25, -0.2) is 8.42 Å². The molecule has 28 heavy (non-hydrogen) atoms. The fraction of sp³-hybridized carbons (Fsp3) is 0.409. The Bertz CT molecular complexity index is 900. The van der Waals surface area contributed by atoms with Crippen LogP contribution in [0.15, 0.2) is 53.4 Å². The average molecular weight is 401 g/mol. The van der Waals surface area contributed by atoms with Crippen LogP contribution in [0.2, 0.25) is 0 Å². The standard InChI is InChI=1S/C22H28N2O3S/c1-3-21(18-9-7-17(2)8-10-18)23-22(25)19-11-13-20(14-12-19)28(26,27)24-15-5-4-6-16-24/h7-14,21H,3-6,15-16H2,1-2H3,(H,23,25). The maximum absolute atomic E-state index is 12.7. The first-order valence-electron chi connectivity index (χ1n) is 9.89. The predicted molar refractivity (Wildman–Crippen MR) is 111 cm³/mol. The number of nitrogens with zero attached hydrogens (tertiary/aromatic N) is 1. The van der Waals surface area contributed by atoms with E-state index in [0.717, 1.165) is 31.2 Å². The summed E-state index contributed by atoms with van der Waals surface area (Å²) in [5.41, 5.74) is 2.70. The van der Waals surface area contributed by atoms with Crippen LogP contribution >= 0.6 is 0 Å². The highest BCUT2D eigenvalue weighted by atomic mass is 32.2. The zero-order valence-electron chi connectivity index (χ0n) is 16.5. The van der Waals surface area contributed by atoms with Gasteiger partial charge in [-0.1, -0.05) is 43.2 Å². The quantitative estimate of drug-likeness (QED) is 0.795. The zero-order valence-corrected chi connectivity index (χ0v) is 17.3. The summed E-state index contributed by atoms with van der Waals surface area (Å²) in [5, 5.41) is 3.04. The Morgan fingerprint density at radius 3 is 2.18 bits per heavy atom. The van der Waals surface area contributed by atoms with Crippen molar-refractivity contribution in [2.24, 2.45) is 0 Å². The number of carbonyl (C=O) groups is 1. The second kappa shape index (κ2) is 8.88. The minimum Gasteiger partial charge on any atom is -0.345 e. The van der Waals surface area contributed by atoms with Crippen molar-refractivity contribution < 1.29 is 13.2 Å². The van der Waals surface area contributed by atoms with E-state index in [1.807, 2.05) is 38.1 Å². The third kappa shape index (κ3) is 4.62. The maximum atomic E-state index is 12.7. The van der Waals surface area contributed by atoms with Crippen molar-refractivity contribution in [1.29, 1.82) is 0 Å².